The summed E-state index contributed by atoms with van der Waals surface area (Å²) < 4.78 is 0. The number of hydrogen-bond donors (Lipinski definition) is 0. The molecule has 0 radical (unpaired) electrons. The van der Waals surface area contributed by atoms with E-state index in [1.54, 1.807) is 0 Å². The van der Waals surface area contributed by atoms with Gasteiger partial charge >= 0.3 is 0 Å². The van der Waals surface area contributed by atoms with Crippen LogP contribution in [0.25, 0.3) is 53.9 Å². The third kappa shape index (κ3) is 7.79. The van der Waals surface area contributed by atoms with Crippen molar-refractivity contribution in [3.63, 3.8) is 0 Å². The number of rotatable bonds is 4. The minimum absolute atomic E-state index is 0.894. The predicted molar refractivity (Wildman–Crippen MR) is 228 cm³/mol. The molecule has 0 heterocycles. The van der Waals surface area contributed by atoms with Crippen LogP contribution in [0, 0.1) is 0 Å². The molecule has 10 rings (SSSR count). The summed E-state index contributed by atoms with van der Waals surface area (Å²) in [5, 5.41) is 29.7. The van der Waals surface area contributed by atoms with E-state index in [0.717, 1.165) is 44.3 Å². The Morgan fingerprint density at radius 3 is 0.593 bits per heavy atom. The first kappa shape index (κ1) is 33.8. The van der Waals surface area contributed by atoms with Gasteiger partial charge in [-0.2, -0.15) is 0 Å². The Morgan fingerprint density at radius 2 is 0.352 bits per heavy atom. The van der Waals surface area contributed by atoms with Gasteiger partial charge in [-0.15, -0.1) is 20.5 Å². The summed E-state index contributed by atoms with van der Waals surface area (Å²) in [7, 11) is 0. The van der Waals surface area contributed by atoms with E-state index in [4.69, 9.17) is 0 Å². The van der Waals surface area contributed by atoms with Crippen molar-refractivity contribution in [3.05, 3.63) is 218 Å². The molecule has 10 aromatic rings. The maximum atomic E-state index is 4.48. The Hall–Kier alpha value is -7.30. The molecule has 0 fully saturated rings. The monoisotopic (exact) mass is 692 g/mol. The van der Waals surface area contributed by atoms with Gasteiger partial charge in [0.2, 0.25) is 0 Å². The summed E-state index contributed by atoms with van der Waals surface area (Å²) >= 11 is 0. The van der Waals surface area contributed by atoms with Crippen LogP contribution in [0.15, 0.2) is 239 Å². The minimum atomic E-state index is 0.894. The van der Waals surface area contributed by atoms with Gasteiger partial charge in [0, 0.05) is 21.5 Å². The Morgan fingerprint density at radius 1 is 0.167 bits per heavy atom. The zero-order valence-corrected chi connectivity index (χ0v) is 29.6. The molecule has 4 heteroatoms. The fourth-order valence-corrected chi connectivity index (χ4v) is 6.53. The van der Waals surface area contributed by atoms with E-state index < -0.39 is 0 Å². The second kappa shape index (κ2) is 16.4. The van der Waals surface area contributed by atoms with Crippen molar-refractivity contribution in [1.82, 2.24) is 0 Å². The van der Waals surface area contributed by atoms with Gasteiger partial charge in [0.05, 0.1) is 22.7 Å². The molecule has 0 amide bonds. The van der Waals surface area contributed by atoms with Gasteiger partial charge in [-0.3, -0.25) is 0 Å². The van der Waals surface area contributed by atoms with Crippen LogP contribution in [0.2, 0.25) is 0 Å². The molecule has 0 unspecified atom stereocenters. The lowest BCUT2D eigenvalue weighted by Gasteiger charge is -2.02. The first-order valence-corrected chi connectivity index (χ1v) is 18.0. The predicted octanol–water partition coefficient (Wildman–Crippen LogP) is 15.7. The average Bonchev–Trinajstić information content (AvgIpc) is 3.25. The molecule has 0 saturated carbocycles. The van der Waals surface area contributed by atoms with Crippen molar-refractivity contribution >= 4 is 76.6 Å². The van der Waals surface area contributed by atoms with Crippen molar-refractivity contribution in [3.8, 4) is 0 Å². The average molecular weight is 693 g/mol. The van der Waals surface area contributed by atoms with Gasteiger partial charge in [0.1, 0.15) is 0 Å². The van der Waals surface area contributed by atoms with Crippen LogP contribution >= 0.6 is 0 Å². The molecule has 54 heavy (non-hydrogen) atoms. The van der Waals surface area contributed by atoms with Crippen LogP contribution in [0.5, 0.6) is 0 Å². The van der Waals surface area contributed by atoms with E-state index in [2.05, 4.69) is 142 Å². The zero-order chi connectivity index (χ0) is 36.4. The van der Waals surface area contributed by atoms with Crippen LogP contribution in [-0.2, 0) is 0 Å². The van der Waals surface area contributed by atoms with Crippen LogP contribution in [0.3, 0.4) is 0 Å². The second-order valence-electron chi connectivity index (χ2n) is 12.7. The molecule has 0 aliphatic carbocycles. The van der Waals surface area contributed by atoms with Gasteiger partial charge < -0.3 is 0 Å². The fourth-order valence-electron chi connectivity index (χ4n) is 6.53. The normalized spacial score (nSPS) is 11.2. The summed E-state index contributed by atoms with van der Waals surface area (Å²) in [4.78, 5) is 0. The first-order chi connectivity index (χ1) is 26.8. The zero-order valence-electron chi connectivity index (χ0n) is 29.6. The first-order valence-electron chi connectivity index (χ1n) is 18.0. The number of hydrogen-bond acceptors (Lipinski definition) is 4. The minimum Gasteiger partial charge on any atom is -0.150 e. The quantitative estimate of drug-likeness (QED) is 0.165. The van der Waals surface area contributed by atoms with E-state index >= 15 is 0 Å². The molecule has 0 aliphatic rings. The number of nitrogens with zero attached hydrogens (tertiary/aromatic N) is 4. The lowest BCUT2D eigenvalue weighted by atomic mass is 10.1. The lowest BCUT2D eigenvalue weighted by molar-refractivity contribution is 1.25. The summed E-state index contributed by atoms with van der Waals surface area (Å²) in [6, 6.07) is 74.0. The molecule has 0 spiro atoms. The molecule has 0 bridgehead atoms. The smallest absolute Gasteiger partial charge is 0.0935 e. The Kier molecular flexibility index (Phi) is 10.2. The number of fused-ring (bicyclic) bond motifs is 5. The summed E-state index contributed by atoms with van der Waals surface area (Å²) in [6.45, 7) is 0. The molecular formula is C50H36N4. The molecule has 256 valence electrons. The molecule has 0 N–H and O–H groups in total. The number of azo groups is 2. The maximum Gasteiger partial charge on any atom is 0.0935 e. The highest BCUT2D eigenvalue weighted by Crippen LogP contribution is 2.32. The fraction of sp³-hybridized carbons (Fsp3) is 0. The van der Waals surface area contributed by atoms with Crippen LogP contribution in [0.1, 0.15) is 0 Å². The summed E-state index contributed by atoms with van der Waals surface area (Å²) in [5.74, 6) is 0. The van der Waals surface area contributed by atoms with E-state index in [-0.39, 0.29) is 0 Å². The molecule has 0 aliphatic heterocycles. The summed E-state index contributed by atoms with van der Waals surface area (Å²) in [6.07, 6.45) is 0. The molecule has 0 saturated heterocycles. The van der Waals surface area contributed by atoms with Gasteiger partial charge in [-0.1, -0.05) is 194 Å². The largest absolute Gasteiger partial charge is 0.150 e. The second-order valence-corrected chi connectivity index (χ2v) is 12.7. The Bertz CT molecular complexity index is 2500. The SMILES string of the molecule is c1ccc2c(N=Nc3cccc4ccccc34)cccc2c1.c1ccc2c(N=Nc3cccc4ccccc34)cccc2c1.c1ccc2ccccc2c1. The van der Waals surface area contributed by atoms with Crippen molar-refractivity contribution in [2.24, 2.45) is 20.5 Å². The Balaban J connectivity index is 0.000000123. The molecule has 4 nitrogen and oxygen atoms in total. The van der Waals surface area contributed by atoms with E-state index in [1.807, 2.05) is 97.1 Å². The molecule has 0 aromatic heterocycles. The van der Waals surface area contributed by atoms with E-state index in [0.29, 0.717) is 0 Å². The van der Waals surface area contributed by atoms with Crippen molar-refractivity contribution in [2.75, 3.05) is 0 Å². The lowest BCUT2D eigenvalue weighted by Crippen LogP contribution is -1.74. The maximum absolute atomic E-state index is 4.48. The molecular weight excluding hydrogens is 657 g/mol. The van der Waals surface area contributed by atoms with E-state index in [9.17, 15) is 0 Å². The van der Waals surface area contributed by atoms with Crippen molar-refractivity contribution in [1.29, 1.82) is 0 Å². The van der Waals surface area contributed by atoms with E-state index in [1.165, 1.54) is 32.3 Å². The molecule has 0 atom stereocenters. The summed E-state index contributed by atoms with van der Waals surface area (Å²) in [5.41, 5.74) is 3.58. The van der Waals surface area contributed by atoms with Crippen molar-refractivity contribution < 1.29 is 0 Å². The van der Waals surface area contributed by atoms with Crippen LogP contribution in [-0.4, -0.2) is 0 Å². The van der Waals surface area contributed by atoms with Gasteiger partial charge in [-0.25, -0.2) is 0 Å². The third-order valence-electron chi connectivity index (χ3n) is 9.26. The Labute approximate surface area is 314 Å². The highest BCUT2D eigenvalue weighted by Gasteiger charge is 2.03. The third-order valence-corrected chi connectivity index (χ3v) is 9.26. The van der Waals surface area contributed by atoms with Gasteiger partial charge in [-0.05, 0) is 56.6 Å². The van der Waals surface area contributed by atoms with Gasteiger partial charge in [0.15, 0.2) is 0 Å². The van der Waals surface area contributed by atoms with Crippen LogP contribution < -0.4 is 0 Å². The topological polar surface area (TPSA) is 49.4 Å². The number of benzene rings is 10. The molecule has 10 aromatic carbocycles. The highest BCUT2D eigenvalue weighted by molar-refractivity contribution is 5.95. The van der Waals surface area contributed by atoms with Crippen LogP contribution in [0.4, 0.5) is 22.7 Å². The standard InChI is InChI=1S/2C20H14N2.C10H8/c2*1-3-11-17-15(7-1)9-5-13-19(17)21-22-20-14-6-10-16-8-2-4-12-18(16)20;1-2-6-10-8-4-3-7-9(10)5-1/h2*1-14H;1-8H. The highest BCUT2D eigenvalue weighted by atomic mass is 15.1. The van der Waals surface area contributed by atoms with Gasteiger partial charge in [0.25, 0.3) is 0 Å². The van der Waals surface area contributed by atoms with Crippen molar-refractivity contribution in [2.45, 2.75) is 0 Å².